The number of aromatic amines is 1. The lowest BCUT2D eigenvalue weighted by Crippen LogP contribution is -1.94. The van der Waals surface area contributed by atoms with Gasteiger partial charge in [0.2, 0.25) is 0 Å². The monoisotopic (exact) mass is 225 g/mol. The van der Waals surface area contributed by atoms with E-state index in [0.29, 0.717) is 0 Å². The van der Waals surface area contributed by atoms with Gasteiger partial charge >= 0.3 is 0 Å². The molecular formula is C14H15N3. The Morgan fingerprint density at radius 1 is 0.941 bits per heavy atom. The van der Waals surface area contributed by atoms with Crippen molar-refractivity contribution < 1.29 is 0 Å². The van der Waals surface area contributed by atoms with Crippen molar-refractivity contribution in [2.45, 2.75) is 25.7 Å². The maximum atomic E-state index is 4.31. The molecule has 2 aromatic rings. The highest BCUT2D eigenvalue weighted by Gasteiger charge is 2.15. The van der Waals surface area contributed by atoms with Gasteiger partial charge in [0.25, 0.3) is 0 Å². The SMILES string of the molecule is C1=C(c2n[nH]nc2-c2ccccc2)CCCC1. The van der Waals surface area contributed by atoms with Crippen LogP contribution in [0.1, 0.15) is 31.4 Å². The second-order valence-electron chi connectivity index (χ2n) is 4.36. The van der Waals surface area contributed by atoms with Gasteiger partial charge in [-0.1, -0.05) is 36.4 Å². The molecule has 0 saturated heterocycles. The quantitative estimate of drug-likeness (QED) is 0.850. The number of hydrogen-bond acceptors (Lipinski definition) is 2. The van der Waals surface area contributed by atoms with Crippen LogP contribution in [0, 0.1) is 0 Å². The van der Waals surface area contributed by atoms with Gasteiger partial charge in [0.15, 0.2) is 0 Å². The lowest BCUT2D eigenvalue weighted by atomic mass is 9.95. The Hall–Kier alpha value is -1.90. The van der Waals surface area contributed by atoms with Gasteiger partial charge in [-0.05, 0) is 31.3 Å². The first kappa shape index (κ1) is 10.3. The van der Waals surface area contributed by atoms with Crippen molar-refractivity contribution in [2.24, 2.45) is 0 Å². The molecule has 1 aliphatic carbocycles. The first-order valence-corrected chi connectivity index (χ1v) is 6.11. The Morgan fingerprint density at radius 2 is 1.76 bits per heavy atom. The minimum absolute atomic E-state index is 0.971. The number of hydrogen-bond donors (Lipinski definition) is 1. The fourth-order valence-corrected chi connectivity index (χ4v) is 2.31. The first-order chi connectivity index (χ1) is 8.45. The summed E-state index contributed by atoms with van der Waals surface area (Å²) < 4.78 is 0. The molecule has 86 valence electrons. The fourth-order valence-electron chi connectivity index (χ4n) is 2.31. The summed E-state index contributed by atoms with van der Waals surface area (Å²) in [5.41, 5.74) is 4.46. The highest BCUT2D eigenvalue weighted by Crippen LogP contribution is 2.30. The molecule has 0 atom stereocenters. The van der Waals surface area contributed by atoms with Crippen LogP contribution in [0.4, 0.5) is 0 Å². The second kappa shape index (κ2) is 4.53. The van der Waals surface area contributed by atoms with E-state index in [4.69, 9.17) is 0 Å². The van der Waals surface area contributed by atoms with Crippen LogP contribution < -0.4 is 0 Å². The summed E-state index contributed by atoms with van der Waals surface area (Å²) >= 11 is 0. The van der Waals surface area contributed by atoms with E-state index in [9.17, 15) is 0 Å². The molecule has 3 nitrogen and oxygen atoms in total. The predicted molar refractivity (Wildman–Crippen MR) is 68.3 cm³/mol. The molecule has 0 aliphatic heterocycles. The third-order valence-electron chi connectivity index (χ3n) is 3.19. The van der Waals surface area contributed by atoms with Gasteiger partial charge in [-0.3, -0.25) is 0 Å². The van der Waals surface area contributed by atoms with Crippen molar-refractivity contribution in [1.82, 2.24) is 15.4 Å². The molecule has 0 radical (unpaired) electrons. The van der Waals surface area contributed by atoms with E-state index in [2.05, 4.69) is 33.6 Å². The number of rotatable bonds is 2. The summed E-state index contributed by atoms with van der Waals surface area (Å²) in [6.45, 7) is 0. The molecule has 3 heteroatoms. The number of benzene rings is 1. The summed E-state index contributed by atoms with van der Waals surface area (Å²) in [4.78, 5) is 0. The van der Waals surface area contributed by atoms with Crippen molar-refractivity contribution in [3.8, 4) is 11.3 Å². The van der Waals surface area contributed by atoms with Crippen molar-refractivity contribution >= 4 is 5.57 Å². The Morgan fingerprint density at radius 3 is 2.53 bits per heavy atom. The molecule has 0 spiro atoms. The summed E-state index contributed by atoms with van der Waals surface area (Å²) in [7, 11) is 0. The van der Waals surface area contributed by atoms with Crippen molar-refractivity contribution in [3.63, 3.8) is 0 Å². The summed E-state index contributed by atoms with van der Waals surface area (Å²) in [5, 5.41) is 11.3. The third-order valence-corrected chi connectivity index (χ3v) is 3.19. The molecule has 0 saturated carbocycles. The molecule has 0 bridgehead atoms. The van der Waals surface area contributed by atoms with Crippen molar-refractivity contribution in [2.75, 3.05) is 0 Å². The minimum Gasteiger partial charge on any atom is -0.197 e. The van der Waals surface area contributed by atoms with E-state index in [1.807, 2.05) is 18.2 Å². The van der Waals surface area contributed by atoms with Gasteiger partial charge in [0, 0.05) is 5.56 Å². The van der Waals surface area contributed by atoms with Crippen LogP contribution in [0.25, 0.3) is 16.8 Å². The molecule has 1 aliphatic rings. The zero-order valence-electron chi connectivity index (χ0n) is 9.69. The van der Waals surface area contributed by atoms with Gasteiger partial charge < -0.3 is 0 Å². The molecule has 0 unspecified atom stereocenters. The van der Waals surface area contributed by atoms with E-state index in [0.717, 1.165) is 29.8 Å². The van der Waals surface area contributed by atoms with E-state index >= 15 is 0 Å². The van der Waals surface area contributed by atoms with Crippen LogP contribution in [0.2, 0.25) is 0 Å². The number of aromatic nitrogens is 3. The number of allylic oxidation sites excluding steroid dienone is 2. The molecule has 17 heavy (non-hydrogen) atoms. The molecule has 1 aromatic carbocycles. The van der Waals surface area contributed by atoms with Crippen LogP contribution in [0.15, 0.2) is 36.4 Å². The lowest BCUT2D eigenvalue weighted by molar-refractivity contribution is 0.739. The molecule has 1 heterocycles. The molecule has 3 rings (SSSR count). The topological polar surface area (TPSA) is 41.6 Å². The second-order valence-corrected chi connectivity index (χ2v) is 4.36. The van der Waals surface area contributed by atoms with E-state index < -0.39 is 0 Å². The first-order valence-electron chi connectivity index (χ1n) is 6.11. The van der Waals surface area contributed by atoms with Crippen LogP contribution in [0.3, 0.4) is 0 Å². The Balaban J connectivity index is 2.02. The summed E-state index contributed by atoms with van der Waals surface area (Å²) in [6, 6.07) is 10.2. The summed E-state index contributed by atoms with van der Waals surface area (Å²) in [5.74, 6) is 0. The van der Waals surface area contributed by atoms with Gasteiger partial charge in [-0.15, -0.1) is 0 Å². The van der Waals surface area contributed by atoms with Crippen LogP contribution in [0.5, 0.6) is 0 Å². The lowest BCUT2D eigenvalue weighted by Gasteiger charge is -2.11. The average molecular weight is 225 g/mol. The molecular weight excluding hydrogens is 210 g/mol. The van der Waals surface area contributed by atoms with Gasteiger partial charge in [-0.2, -0.15) is 15.4 Å². The Kier molecular flexibility index (Phi) is 2.74. The average Bonchev–Trinajstić information content (AvgIpc) is 2.90. The van der Waals surface area contributed by atoms with Crippen LogP contribution >= 0.6 is 0 Å². The van der Waals surface area contributed by atoms with Crippen molar-refractivity contribution in [3.05, 3.63) is 42.1 Å². The van der Waals surface area contributed by atoms with Crippen LogP contribution in [-0.2, 0) is 0 Å². The number of nitrogens with zero attached hydrogens (tertiary/aromatic N) is 2. The summed E-state index contributed by atoms with van der Waals surface area (Å²) in [6.07, 6.45) is 7.13. The number of H-pyrrole nitrogens is 1. The smallest absolute Gasteiger partial charge is 0.120 e. The Bertz CT molecular complexity index is 525. The maximum Gasteiger partial charge on any atom is 0.120 e. The molecule has 1 aromatic heterocycles. The zero-order valence-corrected chi connectivity index (χ0v) is 9.69. The van der Waals surface area contributed by atoms with Gasteiger partial charge in [0.1, 0.15) is 11.4 Å². The standard InChI is InChI=1S/C14H15N3/c1-3-7-11(8-4-1)13-14(16-17-15-13)12-9-5-2-6-10-12/h1,3-4,7-9H,2,5-6,10H2,(H,15,16,17). The van der Waals surface area contributed by atoms with Crippen LogP contribution in [-0.4, -0.2) is 15.4 Å². The zero-order chi connectivity index (χ0) is 11.5. The third kappa shape index (κ3) is 2.00. The molecule has 0 fully saturated rings. The van der Waals surface area contributed by atoms with E-state index in [-0.39, 0.29) is 0 Å². The largest absolute Gasteiger partial charge is 0.197 e. The molecule has 1 N–H and O–H groups in total. The normalized spacial score (nSPS) is 15.6. The maximum absolute atomic E-state index is 4.31. The van der Waals surface area contributed by atoms with Gasteiger partial charge in [-0.25, -0.2) is 0 Å². The van der Waals surface area contributed by atoms with Crippen molar-refractivity contribution in [1.29, 1.82) is 0 Å². The van der Waals surface area contributed by atoms with E-state index in [1.54, 1.807) is 0 Å². The van der Waals surface area contributed by atoms with Gasteiger partial charge in [0.05, 0.1) is 0 Å². The fraction of sp³-hybridized carbons (Fsp3) is 0.286. The van der Waals surface area contributed by atoms with E-state index in [1.165, 1.54) is 18.4 Å². The predicted octanol–water partition coefficient (Wildman–Crippen LogP) is 3.43. The minimum atomic E-state index is 0.971. The highest BCUT2D eigenvalue weighted by molar-refractivity contribution is 5.76. The highest BCUT2D eigenvalue weighted by atomic mass is 15.3. The Labute approximate surface area is 101 Å². The number of nitrogens with one attached hydrogen (secondary N) is 1. The molecule has 0 amide bonds.